The van der Waals surface area contributed by atoms with Crippen molar-refractivity contribution in [3.05, 3.63) is 48.3 Å². The van der Waals surface area contributed by atoms with E-state index in [9.17, 15) is 9.59 Å². The Kier molecular flexibility index (Phi) is 3.92. The third kappa shape index (κ3) is 3.41. The van der Waals surface area contributed by atoms with Gasteiger partial charge >= 0.3 is 5.97 Å². The largest absolute Gasteiger partial charge is 0.481 e. The van der Waals surface area contributed by atoms with Gasteiger partial charge < -0.3 is 10.4 Å². The Bertz CT molecular complexity index is 579. The molecular weight excluding hydrogens is 246 g/mol. The first-order chi connectivity index (χ1) is 9.16. The van der Waals surface area contributed by atoms with Crippen molar-refractivity contribution in [2.75, 3.05) is 6.54 Å². The van der Waals surface area contributed by atoms with E-state index in [1.807, 2.05) is 6.07 Å². The molecule has 0 spiro atoms. The van der Waals surface area contributed by atoms with Gasteiger partial charge in [0.2, 0.25) is 0 Å². The van der Waals surface area contributed by atoms with Gasteiger partial charge in [-0.05, 0) is 24.3 Å². The van der Waals surface area contributed by atoms with Gasteiger partial charge in [0.05, 0.1) is 12.1 Å². The number of hydrogen-bond donors (Lipinski definition) is 2. The lowest BCUT2D eigenvalue weighted by Gasteiger charge is -2.06. The molecule has 0 unspecified atom stereocenters. The molecule has 0 atom stereocenters. The van der Waals surface area contributed by atoms with Crippen LogP contribution in [0.2, 0.25) is 0 Å². The number of benzene rings is 1. The molecule has 0 aliphatic carbocycles. The molecule has 0 saturated carbocycles. The maximum atomic E-state index is 11.8. The van der Waals surface area contributed by atoms with Gasteiger partial charge in [-0.2, -0.15) is 5.10 Å². The lowest BCUT2D eigenvalue weighted by Crippen LogP contribution is -2.26. The van der Waals surface area contributed by atoms with Crippen molar-refractivity contribution in [3.63, 3.8) is 0 Å². The Balaban J connectivity index is 2.06. The lowest BCUT2D eigenvalue weighted by molar-refractivity contribution is -0.136. The van der Waals surface area contributed by atoms with E-state index >= 15 is 0 Å². The molecule has 1 aromatic carbocycles. The minimum Gasteiger partial charge on any atom is -0.481 e. The minimum atomic E-state index is -0.939. The zero-order valence-electron chi connectivity index (χ0n) is 10.1. The lowest BCUT2D eigenvalue weighted by atomic mass is 10.2. The molecule has 1 aromatic heterocycles. The van der Waals surface area contributed by atoms with E-state index in [1.54, 1.807) is 41.3 Å². The van der Waals surface area contributed by atoms with E-state index < -0.39 is 5.97 Å². The van der Waals surface area contributed by atoms with Gasteiger partial charge in [-0.3, -0.25) is 9.59 Å². The van der Waals surface area contributed by atoms with Crippen LogP contribution in [0.15, 0.2) is 42.7 Å². The van der Waals surface area contributed by atoms with E-state index in [4.69, 9.17) is 5.11 Å². The number of rotatable bonds is 5. The molecular formula is C13H13N3O3. The fraction of sp³-hybridized carbons (Fsp3) is 0.154. The molecule has 6 heteroatoms. The molecule has 0 radical (unpaired) electrons. The summed E-state index contributed by atoms with van der Waals surface area (Å²) in [5.41, 5.74) is 1.24. The first-order valence-electron chi connectivity index (χ1n) is 5.77. The second-order valence-corrected chi connectivity index (χ2v) is 3.90. The monoisotopic (exact) mass is 259 g/mol. The summed E-state index contributed by atoms with van der Waals surface area (Å²) in [6, 6.07) is 8.75. The first kappa shape index (κ1) is 12.8. The molecule has 1 heterocycles. The highest BCUT2D eigenvalue weighted by atomic mass is 16.4. The average molecular weight is 259 g/mol. The van der Waals surface area contributed by atoms with E-state index in [2.05, 4.69) is 10.4 Å². The molecule has 6 nitrogen and oxygen atoms in total. The highest BCUT2D eigenvalue weighted by molar-refractivity contribution is 5.94. The molecule has 2 N–H and O–H groups in total. The smallest absolute Gasteiger partial charge is 0.305 e. The van der Waals surface area contributed by atoms with Gasteiger partial charge in [-0.15, -0.1) is 0 Å². The normalized spacial score (nSPS) is 10.1. The van der Waals surface area contributed by atoms with Crippen LogP contribution in [0.1, 0.15) is 16.8 Å². The predicted octanol–water partition coefficient (Wildman–Crippen LogP) is 1.08. The van der Waals surface area contributed by atoms with Crippen molar-refractivity contribution in [2.45, 2.75) is 6.42 Å². The van der Waals surface area contributed by atoms with Crippen LogP contribution in [0.4, 0.5) is 0 Å². The molecule has 0 fully saturated rings. The molecule has 98 valence electrons. The molecule has 0 aliphatic rings. The van der Waals surface area contributed by atoms with Gasteiger partial charge in [0.1, 0.15) is 0 Å². The number of nitrogens with zero attached hydrogens (tertiary/aromatic N) is 2. The molecule has 0 aliphatic heterocycles. The molecule has 2 rings (SSSR count). The van der Waals surface area contributed by atoms with Crippen LogP contribution in [-0.2, 0) is 4.79 Å². The number of carbonyl (C=O) groups is 2. The summed E-state index contributed by atoms with van der Waals surface area (Å²) >= 11 is 0. The van der Waals surface area contributed by atoms with Crippen LogP contribution >= 0.6 is 0 Å². The number of carboxylic acid groups (broad SMARTS) is 1. The quantitative estimate of drug-likeness (QED) is 0.841. The van der Waals surface area contributed by atoms with Crippen molar-refractivity contribution >= 4 is 11.9 Å². The zero-order chi connectivity index (χ0) is 13.7. The third-order valence-electron chi connectivity index (χ3n) is 2.50. The number of hydrogen-bond acceptors (Lipinski definition) is 3. The highest BCUT2D eigenvalue weighted by Gasteiger charge is 2.07. The first-order valence-corrected chi connectivity index (χ1v) is 5.77. The molecule has 1 amide bonds. The van der Waals surface area contributed by atoms with E-state index in [0.717, 1.165) is 5.69 Å². The second kappa shape index (κ2) is 5.81. The van der Waals surface area contributed by atoms with Crippen molar-refractivity contribution in [1.29, 1.82) is 0 Å². The summed E-state index contributed by atoms with van der Waals surface area (Å²) in [4.78, 5) is 22.2. The second-order valence-electron chi connectivity index (χ2n) is 3.90. The summed E-state index contributed by atoms with van der Waals surface area (Å²) in [5.74, 6) is -1.24. The van der Waals surface area contributed by atoms with Crippen LogP contribution in [-0.4, -0.2) is 33.3 Å². The van der Waals surface area contributed by atoms with Crippen LogP contribution in [0.25, 0.3) is 5.69 Å². The SMILES string of the molecule is O=C(O)CCNC(=O)c1cccc(-n2cccn2)c1. The Morgan fingerprint density at radius 2 is 2.16 bits per heavy atom. The summed E-state index contributed by atoms with van der Waals surface area (Å²) in [7, 11) is 0. The summed E-state index contributed by atoms with van der Waals surface area (Å²) in [6.45, 7) is 0.111. The zero-order valence-corrected chi connectivity index (χ0v) is 10.1. The summed E-state index contributed by atoms with van der Waals surface area (Å²) in [5, 5.41) is 15.1. The maximum Gasteiger partial charge on any atom is 0.305 e. The van der Waals surface area contributed by atoms with Crippen LogP contribution in [0.5, 0.6) is 0 Å². The molecule has 0 bridgehead atoms. The number of nitrogens with one attached hydrogen (secondary N) is 1. The third-order valence-corrected chi connectivity index (χ3v) is 2.50. The van der Waals surface area contributed by atoms with Crippen LogP contribution in [0.3, 0.4) is 0 Å². The maximum absolute atomic E-state index is 11.8. The van der Waals surface area contributed by atoms with Crippen molar-refractivity contribution in [2.24, 2.45) is 0 Å². The van der Waals surface area contributed by atoms with Crippen molar-refractivity contribution < 1.29 is 14.7 Å². The minimum absolute atomic E-state index is 0.0927. The fourth-order valence-electron chi connectivity index (χ4n) is 1.60. The number of carboxylic acids is 1. The predicted molar refractivity (Wildman–Crippen MR) is 68.2 cm³/mol. The van der Waals surface area contributed by atoms with Gasteiger partial charge in [0.25, 0.3) is 5.91 Å². The van der Waals surface area contributed by atoms with E-state index in [1.165, 1.54) is 0 Å². The molecule has 0 saturated heterocycles. The molecule has 2 aromatic rings. The molecule has 19 heavy (non-hydrogen) atoms. The number of carbonyl (C=O) groups excluding carboxylic acids is 1. The summed E-state index contributed by atoms with van der Waals surface area (Å²) in [6.07, 6.45) is 3.34. The number of aliphatic carboxylic acids is 1. The van der Waals surface area contributed by atoms with Crippen LogP contribution < -0.4 is 5.32 Å². The van der Waals surface area contributed by atoms with Gasteiger partial charge in [0.15, 0.2) is 0 Å². The Hall–Kier alpha value is -2.63. The Labute approximate surface area is 109 Å². The number of amides is 1. The van der Waals surface area contributed by atoms with E-state index in [0.29, 0.717) is 5.56 Å². The summed E-state index contributed by atoms with van der Waals surface area (Å²) < 4.78 is 1.65. The highest BCUT2D eigenvalue weighted by Crippen LogP contribution is 2.09. The van der Waals surface area contributed by atoms with Crippen molar-refractivity contribution in [1.82, 2.24) is 15.1 Å². The van der Waals surface area contributed by atoms with Gasteiger partial charge in [-0.1, -0.05) is 6.07 Å². The number of aromatic nitrogens is 2. The standard InChI is InChI=1S/C13H13N3O3/c17-12(18)5-7-14-13(19)10-3-1-4-11(9-10)16-8-2-6-15-16/h1-4,6,8-9H,5,7H2,(H,14,19)(H,17,18). The van der Waals surface area contributed by atoms with E-state index in [-0.39, 0.29) is 18.9 Å². The average Bonchev–Trinajstić information content (AvgIpc) is 2.92. The topological polar surface area (TPSA) is 84.2 Å². The van der Waals surface area contributed by atoms with Crippen molar-refractivity contribution in [3.8, 4) is 5.69 Å². The van der Waals surface area contributed by atoms with Gasteiger partial charge in [0, 0.05) is 24.5 Å². The Morgan fingerprint density at radius 1 is 1.32 bits per heavy atom. The van der Waals surface area contributed by atoms with Crippen LogP contribution in [0, 0.1) is 0 Å². The Morgan fingerprint density at radius 3 is 2.84 bits per heavy atom. The fourth-order valence-corrected chi connectivity index (χ4v) is 1.60. The van der Waals surface area contributed by atoms with Gasteiger partial charge in [-0.25, -0.2) is 4.68 Å².